The third-order valence-electron chi connectivity index (χ3n) is 2.75. The lowest BCUT2D eigenvalue weighted by Gasteiger charge is -2.17. The maximum Gasteiger partial charge on any atom is 0.223 e. The van der Waals surface area contributed by atoms with Crippen LogP contribution in [0, 0.1) is 6.07 Å². The summed E-state index contributed by atoms with van der Waals surface area (Å²) in [6.45, 7) is 0. The van der Waals surface area contributed by atoms with Crippen LogP contribution in [-0.4, -0.2) is 5.52 Å². The summed E-state index contributed by atoms with van der Waals surface area (Å²) in [5.74, 6) is 0. The van der Waals surface area contributed by atoms with E-state index >= 15 is 0 Å². The summed E-state index contributed by atoms with van der Waals surface area (Å²) in [4.78, 5) is 11.9. The number of carbonyl (C=O) groups is 1. The van der Waals surface area contributed by atoms with Gasteiger partial charge in [0, 0.05) is 10.9 Å². The molecule has 0 amide bonds. The predicted octanol–water partition coefficient (Wildman–Crippen LogP) is 2.49. The van der Waals surface area contributed by atoms with Crippen LogP contribution >= 0.6 is 7.80 Å². The Morgan fingerprint density at radius 3 is 2.44 bits per heavy atom. The second kappa shape index (κ2) is 3.43. The van der Waals surface area contributed by atoms with E-state index in [1.54, 1.807) is 18.2 Å². The maximum absolute atomic E-state index is 12.0. The van der Waals surface area contributed by atoms with Gasteiger partial charge in [-0.05, 0) is 17.2 Å². The van der Waals surface area contributed by atoms with Crippen molar-refractivity contribution in [2.45, 2.75) is 0 Å². The van der Waals surface area contributed by atoms with E-state index in [0.29, 0.717) is 10.9 Å². The Balaban J connectivity index is 2.41. The molecule has 1 heterocycles. The maximum atomic E-state index is 12.0. The van der Waals surface area contributed by atoms with E-state index in [1.807, 2.05) is 24.3 Å². The van der Waals surface area contributed by atoms with E-state index in [1.165, 1.54) is 0 Å². The van der Waals surface area contributed by atoms with Gasteiger partial charge in [-0.25, -0.2) is 0 Å². The zero-order chi connectivity index (χ0) is 11.1. The monoisotopic (exact) mass is 227 g/mol. The summed E-state index contributed by atoms with van der Waals surface area (Å²) < 4.78 is 12.0. The molecule has 0 aromatic heterocycles. The summed E-state index contributed by atoms with van der Waals surface area (Å²) in [5.41, 5.74) is 2.06. The molecule has 1 unspecified atom stereocenters. The first-order valence-electron chi connectivity index (χ1n) is 4.98. The van der Waals surface area contributed by atoms with E-state index in [9.17, 15) is 9.36 Å². The van der Waals surface area contributed by atoms with Crippen molar-refractivity contribution in [3.63, 3.8) is 0 Å². The molecule has 2 aromatic carbocycles. The fourth-order valence-electron chi connectivity index (χ4n) is 2.00. The molecular formula is C13H8O2P. The molecule has 0 spiro atoms. The molecular weight excluding hydrogens is 219 g/mol. The van der Waals surface area contributed by atoms with Gasteiger partial charge in [0.05, 0.1) is 0 Å². The Bertz CT molecular complexity index is 561. The molecule has 0 saturated carbocycles. The quantitative estimate of drug-likeness (QED) is 0.648. The highest BCUT2D eigenvalue weighted by molar-refractivity contribution is 7.72. The molecule has 16 heavy (non-hydrogen) atoms. The molecule has 1 aliphatic rings. The summed E-state index contributed by atoms with van der Waals surface area (Å²) in [6.07, 6.45) is 0. The molecule has 2 aromatic rings. The topological polar surface area (TPSA) is 34.1 Å². The van der Waals surface area contributed by atoms with Gasteiger partial charge in [0.1, 0.15) is 0 Å². The second-order valence-electron chi connectivity index (χ2n) is 3.66. The number of carbonyl (C=O) groups excluding carboxylic acids is 1. The van der Waals surface area contributed by atoms with Crippen LogP contribution in [0.5, 0.6) is 0 Å². The molecule has 1 aliphatic heterocycles. The first-order chi connectivity index (χ1) is 7.79. The Morgan fingerprint density at radius 1 is 0.938 bits per heavy atom. The molecule has 1 radical (unpaired) electrons. The summed E-state index contributed by atoms with van der Waals surface area (Å²) >= 11 is 0. The van der Waals surface area contributed by atoms with Crippen molar-refractivity contribution in [2.24, 2.45) is 0 Å². The highest BCUT2D eigenvalue weighted by Gasteiger charge is 2.27. The molecule has 77 valence electrons. The molecule has 1 atom stereocenters. The van der Waals surface area contributed by atoms with E-state index in [4.69, 9.17) is 0 Å². The average Bonchev–Trinajstić information content (AvgIpc) is 2.36. The van der Waals surface area contributed by atoms with Crippen LogP contribution in [0.2, 0.25) is 0 Å². The van der Waals surface area contributed by atoms with Crippen LogP contribution in [0.1, 0.15) is 10.4 Å². The number of fused-ring (bicyclic) bond motifs is 3. The van der Waals surface area contributed by atoms with Crippen molar-refractivity contribution >= 4 is 18.6 Å². The second-order valence-corrected chi connectivity index (χ2v) is 5.28. The molecule has 0 aliphatic carbocycles. The zero-order valence-corrected chi connectivity index (χ0v) is 9.36. The minimum atomic E-state index is -2.38. The van der Waals surface area contributed by atoms with Crippen molar-refractivity contribution in [3.8, 4) is 11.1 Å². The Labute approximate surface area is 93.7 Å². The van der Waals surface area contributed by atoms with Crippen LogP contribution in [0.25, 0.3) is 11.1 Å². The van der Waals surface area contributed by atoms with Crippen molar-refractivity contribution < 1.29 is 9.36 Å². The van der Waals surface area contributed by atoms with Crippen molar-refractivity contribution in [1.82, 2.24) is 0 Å². The Hall–Kier alpha value is -1.66. The van der Waals surface area contributed by atoms with Gasteiger partial charge in [-0.3, -0.25) is 4.79 Å². The zero-order valence-electron chi connectivity index (χ0n) is 8.36. The number of rotatable bonds is 0. The fourth-order valence-corrected chi connectivity index (χ4v) is 3.37. The number of hydrogen-bond donors (Lipinski definition) is 0. The summed E-state index contributed by atoms with van der Waals surface area (Å²) in [6, 6.07) is 15.6. The lowest BCUT2D eigenvalue weighted by atomic mass is 10.00. The molecule has 0 fully saturated rings. The van der Waals surface area contributed by atoms with Gasteiger partial charge >= 0.3 is 0 Å². The SMILES string of the molecule is O=C1c2ccccc2-c2ccc[c]c2[PH]1=O. The van der Waals surface area contributed by atoms with Gasteiger partial charge in [0.25, 0.3) is 0 Å². The van der Waals surface area contributed by atoms with Crippen LogP contribution in [0.3, 0.4) is 0 Å². The lowest BCUT2D eigenvalue weighted by molar-refractivity contribution is 0.108. The molecule has 0 saturated heterocycles. The van der Waals surface area contributed by atoms with Gasteiger partial charge < -0.3 is 4.57 Å². The highest BCUT2D eigenvalue weighted by Crippen LogP contribution is 2.39. The van der Waals surface area contributed by atoms with Gasteiger partial charge in [-0.15, -0.1) is 0 Å². The number of hydrogen-bond acceptors (Lipinski definition) is 2. The third-order valence-corrected chi connectivity index (χ3v) is 4.30. The van der Waals surface area contributed by atoms with E-state index in [0.717, 1.165) is 11.1 Å². The van der Waals surface area contributed by atoms with Gasteiger partial charge in [-0.2, -0.15) is 0 Å². The first kappa shape index (κ1) is 9.56. The van der Waals surface area contributed by atoms with E-state index < -0.39 is 7.80 Å². The normalized spacial score (nSPS) is 17.8. The van der Waals surface area contributed by atoms with Crippen LogP contribution < -0.4 is 5.30 Å². The van der Waals surface area contributed by atoms with Gasteiger partial charge in [-0.1, -0.05) is 42.5 Å². The van der Waals surface area contributed by atoms with E-state index in [-0.39, 0.29) is 5.52 Å². The minimum absolute atomic E-state index is 0.254. The fraction of sp³-hybridized carbons (Fsp3) is 0. The summed E-state index contributed by atoms with van der Waals surface area (Å²) in [7, 11) is -2.38. The minimum Gasteiger partial charge on any atom is -0.313 e. The molecule has 3 heteroatoms. The summed E-state index contributed by atoms with van der Waals surface area (Å²) in [5, 5.41) is 0.566. The van der Waals surface area contributed by atoms with Crippen molar-refractivity contribution in [3.05, 3.63) is 54.1 Å². The molecule has 2 nitrogen and oxygen atoms in total. The Kier molecular flexibility index (Phi) is 2.05. The average molecular weight is 227 g/mol. The lowest BCUT2D eigenvalue weighted by Crippen LogP contribution is -2.14. The van der Waals surface area contributed by atoms with Crippen molar-refractivity contribution in [1.29, 1.82) is 0 Å². The predicted molar refractivity (Wildman–Crippen MR) is 63.7 cm³/mol. The van der Waals surface area contributed by atoms with Crippen molar-refractivity contribution in [2.75, 3.05) is 0 Å². The first-order valence-corrected chi connectivity index (χ1v) is 6.39. The Morgan fingerprint density at radius 2 is 1.62 bits per heavy atom. The molecule has 0 N–H and O–H groups in total. The number of benzene rings is 2. The van der Waals surface area contributed by atoms with Crippen LogP contribution in [-0.2, 0) is 4.57 Å². The highest BCUT2D eigenvalue weighted by atomic mass is 31.1. The standard InChI is InChI=1S/C13H8O2P/c14-13-11-7-2-1-5-9(11)10-6-3-4-8-12(10)16(13)15/h1-7,16H. The largest absolute Gasteiger partial charge is 0.313 e. The van der Waals surface area contributed by atoms with Gasteiger partial charge in [0.2, 0.25) is 5.52 Å². The smallest absolute Gasteiger partial charge is 0.223 e. The third kappa shape index (κ3) is 1.20. The van der Waals surface area contributed by atoms with E-state index in [2.05, 4.69) is 6.07 Å². The van der Waals surface area contributed by atoms with Crippen LogP contribution in [0.4, 0.5) is 0 Å². The molecule has 3 rings (SSSR count). The van der Waals surface area contributed by atoms with Gasteiger partial charge in [0.15, 0.2) is 7.80 Å². The molecule has 0 bridgehead atoms. The van der Waals surface area contributed by atoms with Crippen LogP contribution in [0.15, 0.2) is 42.5 Å².